The lowest BCUT2D eigenvalue weighted by molar-refractivity contribution is 0.0696. The van der Waals surface area contributed by atoms with Crippen molar-refractivity contribution in [3.63, 3.8) is 0 Å². The van der Waals surface area contributed by atoms with Crippen LogP contribution in [0.5, 0.6) is 0 Å². The summed E-state index contributed by atoms with van der Waals surface area (Å²) in [5, 5.41) is 8.66. The molecular formula is C11H8F2N2O3. The van der Waals surface area contributed by atoms with Gasteiger partial charge in [-0.15, -0.1) is 0 Å². The number of aryl methyl sites for hydroxylation is 1. The van der Waals surface area contributed by atoms with E-state index in [1.807, 2.05) is 0 Å². The number of fused-ring (bicyclic) bond motifs is 1. The Kier molecular flexibility index (Phi) is 2.54. The molecule has 1 heterocycles. The summed E-state index contributed by atoms with van der Waals surface area (Å²) in [7, 11) is 1.36. The first-order chi connectivity index (χ1) is 8.34. The van der Waals surface area contributed by atoms with Gasteiger partial charge in [-0.3, -0.25) is 4.79 Å². The van der Waals surface area contributed by atoms with E-state index in [0.29, 0.717) is 6.07 Å². The van der Waals surface area contributed by atoms with Crippen LogP contribution in [0.15, 0.2) is 16.9 Å². The summed E-state index contributed by atoms with van der Waals surface area (Å²) in [6.07, 6.45) is 0. The summed E-state index contributed by atoms with van der Waals surface area (Å²) < 4.78 is 27.3. The number of aromatic carboxylic acids is 1. The molecule has 2 aromatic rings. The van der Waals surface area contributed by atoms with E-state index >= 15 is 0 Å². The van der Waals surface area contributed by atoms with E-state index < -0.39 is 28.6 Å². The number of rotatable bonds is 1. The molecule has 0 radical (unpaired) electrons. The average Bonchev–Trinajstić information content (AvgIpc) is 2.29. The van der Waals surface area contributed by atoms with Gasteiger partial charge in [0.15, 0.2) is 11.6 Å². The highest BCUT2D eigenvalue weighted by Crippen LogP contribution is 2.20. The maximum atomic E-state index is 13.1. The predicted octanol–water partition coefficient (Wildman–Crippen LogP) is 1.10. The van der Waals surface area contributed by atoms with Gasteiger partial charge in [0.25, 0.3) is 0 Å². The van der Waals surface area contributed by atoms with Crippen LogP contribution in [0.3, 0.4) is 0 Å². The number of aromatic nitrogens is 1. The predicted molar refractivity (Wildman–Crippen MR) is 60.5 cm³/mol. The molecule has 0 atom stereocenters. The van der Waals surface area contributed by atoms with Gasteiger partial charge >= 0.3 is 5.97 Å². The van der Waals surface area contributed by atoms with E-state index in [1.54, 1.807) is 0 Å². The van der Waals surface area contributed by atoms with Crippen LogP contribution in [-0.4, -0.2) is 15.6 Å². The molecule has 5 nitrogen and oxygen atoms in total. The Morgan fingerprint density at radius 3 is 2.44 bits per heavy atom. The molecular weight excluding hydrogens is 246 g/mol. The Labute approximate surface area is 99.1 Å². The van der Waals surface area contributed by atoms with E-state index in [1.165, 1.54) is 7.05 Å². The summed E-state index contributed by atoms with van der Waals surface area (Å²) in [6.45, 7) is 0. The van der Waals surface area contributed by atoms with Gasteiger partial charge in [-0.1, -0.05) is 0 Å². The van der Waals surface area contributed by atoms with Crippen LogP contribution in [0.1, 0.15) is 10.4 Å². The normalized spacial score (nSPS) is 10.8. The smallest absolute Gasteiger partial charge is 0.343 e. The quantitative estimate of drug-likeness (QED) is 0.797. The number of nitrogen functional groups attached to an aromatic ring is 1. The molecule has 0 spiro atoms. The molecule has 1 aromatic heterocycles. The molecule has 0 bridgehead atoms. The van der Waals surface area contributed by atoms with Crippen molar-refractivity contribution in [3.05, 3.63) is 39.6 Å². The van der Waals surface area contributed by atoms with Crippen molar-refractivity contribution >= 4 is 22.7 Å². The van der Waals surface area contributed by atoms with Gasteiger partial charge in [0, 0.05) is 18.5 Å². The molecule has 0 aliphatic rings. The van der Waals surface area contributed by atoms with Crippen LogP contribution < -0.4 is 11.2 Å². The molecule has 0 amide bonds. The fraction of sp³-hybridized carbons (Fsp3) is 0.0909. The Balaban J connectivity index is 3.08. The number of benzene rings is 1. The van der Waals surface area contributed by atoms with E-state index in [9.17, 15) is 18.4 Å². The lowest BCUT2D eigenvalue weighted by atomic mass is 10.1. The van der Waals surface area contributed by atoms with Crippen molar-refractivity contribution in [2.24, 2.45) is 7.05 Å². The number of hydrogen-bond acceptors (Lipinski definition) is 3. The third kappa shape index (κ3) is 1.52. The lowest BCUT2D eigenvalue weighted by Gasteiger charge is -2.11. The molecule has 94 valence electrons. The minimum atomic E-state index is -1.51. The second-order valence-electron chi connectivity index (χ2n) is 3.74. The van der Waals surface area contributed by atoms with E-state index in [2.05, 4.69) is 0 Å². The van der Waals surface area contributed by atoms with Crippen molar-refractivity contribution in [1.82, 2.24) is 4.57 Å². The first kappa shape index (κ1) is 12.0. The number of carbonyl (C=O) groups is 1. The van der Waals surface area contributed by atoms with E-state index in [4.69, 9.17) is 10.8 Å². The zero-order valence-electron chi connectivity index (χ0n) is 9.20. The maximum Gasteiger partial charge on any atom is 0.343 e. The highest BCUT2D eigenvalue weighted by Gasteiger charge is 2.20. The molecule has 3 N–H and O–H groups in total. The number of pyridine rings is 1. The Bertz CT molecular complexity index is 737. The second kappa shape index (κ2) is 3.80. The third-order valence-electron chi connectivity index (χ3n) is 2.70. The molecule has 0 saturated heterocycles. The molecule has 2 rings (SSSR count). The van der Waals surface area contributed by atoms with Crippen molar-refractivity contribution in [3.8, 4) is 0 Å². The number of anilines is 1. The van der Waals surface area contributed by atoms with Crippen LogP contribution in [-0.2, 0) is 7.05 Å². The Morgan fingerprint density at radius 1 is 1.33 bits per heavy atom. The first-order valence-corrected chi connectivity index (χ1v) is 4.85. The number of nitrogens with zero attached hydrogens (tertiary/aromatic N) is 1. The second-order valence-corrected chi connectivity index (χ2v) is 3.74. The van der Waals surface area contributed by atoms with Crippen LogP contribution >= 0.6 is 0 Å². The summed E-state index contributed by atoms with van der Waals surface area (Å²) in [5.74, 6) is -4.19. The number of carboxylic acids is 1. The Hall–Kier alpha value is -2.44. The van der Waals surface area contributed by atoms with Gasteiger partial charge in [0.05, 0.1) is 5.52 Å². The SMILES string of the molecule is Cn1c(N)c(C(=O)O)c(=O)c2cc(F)c(F)cc21. The molecule has 0 saturated carbocycles. The standard InChI is InChI=1S/C11H8F2N2O3/c1-15-7-3-6(13)5(12)2-4(7)9(16)8(10(15)14)11(17)18/h2-3H,14H2,1H3,(H,17,18). The van der Waals surface area contributed by atoms with Gasteiger partial charge in [-0.2, -0.15) is 0 Å². The van der Waals surface area contributed by atoms with Crippen LogP contribution in [0.2, 0.25) is 0 Å². The van der Waals surface area contributed by atoms with Crippen molar-refractivity contribution in [1.29, 1.82) is 0 Å². The summed E-state index contributed by atoms with van der Waals surface area (Å²) in [4.78, 5) is 22.8. The minimum Gasteiger partial charge on any atom is -0.477 e. The minimum absolute atomic E-state index is 0.0291. The molecule has 0 aliphatic carbocycles. The third-order valence-corrected chi connectivity index (χ3v) is 2.70. The van der Waals surface area contributed by atoms with E-state index in [-0.39, 0.29) is 16.7 Å². The van der Waals surface area contributed by atoms with Crippen molar-refractivity contribution in [2.75, 3.05) is 5.73 Å². The fourth-order valence-electron chi connectivity index (χ4n) is 1.75. The zero-order valence-corrected chi connectivity index (χ0v) is 9.20. The molecule has 7 heteroatoms. The van der Waals surface area contributed by atoms with Gasteiger partial charge < -0.3 is 15.4 Å². The fourth-order valence-corrected chi connectivity index (χ4v) is 1.75. The zero-order chi connectivity index (χ0) is 13.6. The first-order valence-electron chi connectivity index (χ1n) is 4.85. The van der Waals surface area contributed by atoms with Gasteiger partial charge in [0.2, 0.25) is 5.43 Å². The molecule has 0 aliphatic heterocycles. The number of halogens is 2. The van der Waals surface area contributed by atoms with Crippen LogP contribution in [0, 0.1) is 11.6 Å². The average molecular weight is 254 g/mol. The monoisotopic (exact) mass is 254 g/mol. The summed E-state index contributed by atoms with van der Waals surface area (Å²) in [5.41, 5.74) is 3.94. The summed E-state index contributed by atoms with van der Waals surface area (Å²) >= 11 is 0. The number of nitrogens with two attached hydrogens (primary N) is 1. The maximum absolute atomic E-state index is 13.1. The number of hydrogen-bond donors (Lipinski definition) is 2. The molecule has 18 heavy (non-hydrogen) atoms. The number of carboxylic acid groups (broad SMARTS) is 1. The molecule has 1 aromatic carbocycles. The highest BCUT2D eigenvalue weighted by atomic mass is 19.2. The largest absolute Gasteiger partial charge is 0.477 e. The van der Waals surface area contributed by atoms with Gasteiger partial charge in [-0.05, 0) is 6.07 Å². The van der Waals surface area contributed by atoms with Crippen molar-refractivity contribution < 1.29 is 18.7 Å². The topological polar surface area (TPSA) is 85.3 Å². The molecule has 0 fully saturated rings. The summed E-state index contributed by atoms with van der Waals surface area (Å²) in [6, 6.07) is 1.47. The van der Waals surface area contributed by atoms with Crippen molar-refractivity contribution in [2.45, 2.75) is 0 Å². The lowest BCUT2D eigenvalue weighted by Crippen LogP contribution is -2.22. The van der Waals surface area contributed by atoms with E-state index in [0.717, 1.165) is 10.6 Å². The van der Waals surface area contributed by atoms with Crippen LogP contribution in [0.4, 0.5) is 14.6 Å². The van der Waals surface area contributed by atoms with Crippen LogP contribution in [0.25, 0.3) is 10.9 Å². The Morgan fingerprint density at radius 2 is 1.89 bits per heavy atom. The van der Waals surface area contributed by atoms with Gasteiger partial charge in [-0.25, -0.2) is 13.6 Å². The van der Waals surface area contributed by atoms with Gasteiger partial charge in [0.1, 0.15) is 11.4 Å². The highest BCUT2D eigenvalue weighted by molar-refractivity contribution is 5.97. The molecule has 0 unspecified atom stereocenters.